The van der Waals surface area contributed by atoms with Crippen LogP contribution < -0.4 is 15.4 Å². The summed E-state index contributed by atoms with van der Waals surface area (Å²) in [5.41, 5.74) is 2.85. The van der Waals surface area contributed by atoms with Crippen LogP contribution >= 0.6 is 11.6 Å². The Morgan fingerprint density at radius 2 is 2.07 bits per heavy atom. The predicted octanol–water partition coefficient (Wildman–Crippen LogP) is 4.04. The van der Waals surface area contributed by atoms with E-state index in [4.69, 9.17) is 16.3 Å². The molecular weight excluding hydrogens is 392 g/mol. The van der Waals surface area contributed by atoms with E-state index in [0.717, 1.165) is 11.1 Å². The van der Waals surface area contributed by atoms with E-state index < -0.39 is 6.04 Å². The fourth-order valence-corrected chi connectivity index (χ4v) is 3.57. The molecule has 2 N–H and O–H groups in total. The molecule has 0 radical (unpaired) electrons. The first-order valence-electron chi connectivity index (χ1n) is 9.06. The summed E-state index contributed by atoms with van der Waals surface area (Å²) in [6.07, 6.45) is -0.00108. The van der Waals surface area contributed by atoms with Crippen LogP contribution in [0, 0.1) is 6.92 Å². The van der Waals surface area contributed by atoms with Crippen LogP contribution in [0.4, 0.5) is 11.5 Å². The van der Waals surface area contributed by atoms with Crippen molar-refractivity contribution in [3.8, 4) is 17.0 Å². The number of halogens is 1. The van der Waals surface area contributed by atoms with Crippen molar-refractivity contribution in [1.82, 2.24) is 9.78 Å². The molecule has 1 aliphatic heterocycles. The molecule has 3 aromatic rings. The molecule has 2 heterocycles. The lowest BCUT2D eigenvalue weighted by atomic mass is 10.1. The van der Waals surface area contributed by atoms with Crippen LogP contribution in [0.15, 0.2) is 48.5 Å². The smallest absolute Gasteiger partial charge is 0.249 e. The number of nitrogens with one attached hydrogen (secondary N) is 2. The number of anilines is 2. The fourth-order valence-electron chi connectivity index (χ4n) is 3.38. The van der Waals surface area contributed by atoms with Crippen LogP contribution in [0.1, 0.15) is 18.0 Å². The molecule has 0 spiro atoms. The number of amides is 2. The van der Waals surface area contributed by atoms with Crippen molar-refractivity contribution in [1.29, 1.82) is 0 Å². The fraction of sp³-hybridized carbons (Fsp3) is 0.190. The first-order valence-corrected chi connectivity index (χ1v) is 9.44. The second-order valence-corrected chi connectivity index (χ2v) is 7.20. The second-order valence-electron chi connectivity index (χ2n) is 6.77. The molecule has 7 nitrogen and oxygen atoms in total. The highest BCUT2D eigenvalue weighted by Gasteiger charge is 2.34. The number of benzene rings is 2. The van der Waals surface area contributed by atoms with Crippen LogP contribution in [0.2, 0.25) is 5.02 Å². The molecule has 0 unspecified atom stereocenters. The number of carbonyl (C=O) groups is 2. The first kappa shape index (κ1) is 19.0. The number of hydrogen-bond donors (Lipinski definition) is 2. The molecule has 8 heteroatoms. The van der Waals surface area contributed by atoms with Crippen LogP contribution in [-0.4, -0.2) is 28.7 Å². The Hall–Kier alpha value is -3.32. The van der Waals surface area contributed by atoms with Gasteiger partial charge in [-0.25, -0.2) is 4.68 Å². The van der Waals surface area contributed by atoms with Crippen molar-refractivity contribution >= 4 is 34.9 Å². The minimum Gasteiger partial charge on any atom is -0.497 e. The first-order chi connectivity index (χ1) is 14.0. The van der Waals surface area contributed by atoms with Crippen molar-refractivity contribution < 1.29 is 14.3 Å². The van der Waals surface area contributed by atoms with E-state index in [0.29, 0.717) is 28.0 Å². The van der Waals surface area contributed by atoms with Gasteiger partial charge in [-0.2, -0.15) is 5.10 Å². The molecule has 29 heavy (non-hydrogen) atoms. The number of ether oxygens (including phenoxy) is 1. The van der Waals surface area contributed by atoms with E-state index in [9.17, 15) is 9.59 Å². The van der Waals surface area contributed by atoms with Crippen molar-refractivity contribution in [2.75, 3.05) is 17.7 Å². The number of methoxy groups -OCH3 is 1. The van der Waals surface area contributed by atoms with E-state index in [1.54, 1.807) is 48.2 Å². The third-order valence-electron chi connectivity index (χ3n) is 4.82. The summed E-state index contributed by atoms with van der Waals surface area (Å²) in [4.78, 5) is 25.2. The zero-order valence-corrected chi connectivity index (χ0v) is 16.7. The van der Waals surface area contributed by atoms with E-state index in [1.165, 1.54) is 0 Å². The van der Waals surface area contributed by atoms with Gasteiger partial charge >= 0.3 is 0 Å². The number of nitrogens with zero attached hydrogens (tertiary/aromatic N) is 2. The lowest BCUT2D eigenvalue weighted by Gasteiger charge is -2.24. The monoisotopic (exact) mass is 410 g/mol. The normalized spacial score (nSPS) is 15.4. The summed E-state index contributed by atoms with van der Waals surface area (Å²) in [5.74, 6) is 0.587. The molecule has 4 rings (SSSR count). The van der Waals surface area contributed by atoms with Gasteiger partial charge in [-0.15, -0.1) is 0 Å². The van der Waals surface area contributed by atoms with Gasteiger partial charge in [0, 0.05) is 27.9 Å². The van der Waals surface area contributed by atoms with Gasteiger partial charge in [0.25, 0.3) is 0 Å². The van der Waals surface area contributed by atoms with Gasteiger partial charge in [0.15, 0.2) is 0 Å². The van der Waals surface area contributed by atoms with Gasteiger partial charge in [0.1, 0.15) is 17.6 Å². The lowest BCUT2D eigenvalue weighted by molar-refractivity contribution is -0.125. The van der Waals surface area contributed by atoms with Gasteiger partial charge in [-0.05, 0) is 31.2 Å². The van der Waals surface area contributed by atoms with E-state index in [1.807, 2.05) is 19.1 Å². The molecule has 1 aliphatic rings. The molecule has 2 aromatic carbocycles. The van der Waals surface area contributed by atoms with Crippen molar-refractivity contribution in [2.45, 2.75) is 19.4 Å². The zero-order chi connectivity index (χ0) is 20.5. The summed E-state index contributed by atoms with van der Waals surface area (Å²) in [7, 11) is 1.56. The summed E-state index contributed by atoms with van der Waals surface area (Å²) in [5, 5.41) is 10.9. The SMILES string of the molecule is COc1cccc(NC(=O)[C@H]2CC(=O)Nc3c(C)c(-c4cccc(Cl)c4)nn32)c1. The molecule has 1 aromatic heterocycles. The number of carbonyl (C=O) groups excluding carboxylic acids is 2. The van der Waals surface area contributed by atoms with Crippen LogP contribution in [-0.2, 0) is 9.59 Å². The predicted molar refractivity (Wildman–Crippen MR) is 111 cm³/mol. The van der Waals surface area contributed by atoms with Gasteiger partial charge < -0.3 is 15.4 Å². The minimum atomic E-state index is -0.767. The van der Waals surface area contributed by atoms with Crippen molar-refractivity contribution in [2.24, 2.45) is 0 Å². The average molecular weight is 411 g/mol. The van der Waals surface area contributed by atoms with Crippen molar-refractivity contribution in [3.63, 3.8) is 0 Å². The molecule has 0 bridgehead atoms. The lowest BCUT2D eigenvalue weighted by Crippen LogP contribution is -2.35. The summed E-state index contributed by atoms with van der Waals surface area (Å²) in [6.45, 7) is 1.86. The molecule has 0 saturated heterocycles. The van der Waals surface area contributed by atoms with Crippen molar-refractivity contribution in [3.05, 3.63) is 59.1 Å². The Morgan fingerprint density at radius 1 is 1.28 bits per heavy atom. The van der Waals surface area contributed by atoms with E-state index >= 15 is 0 Å². The Balaban J connectivity index is 1.69. The number of aromatic nitrogens is 2. The highest BCUT2D eigenvalue weighted by molar-refractivity contribution is 6.30. The number of hydrogen-bond acceptors (Lipinski definition) is 4. The largest absolute Gasteiger partial charge is 0.497 e. The molecule has 1 atom stereocenters. The highest BCUT2D eigenvalue weighted by atomic mass is 35.5. The van der Waals surface area contributed by atoms with Gasteiger partial charge in [-0.1, -0.05) is 29.8 Å². The van der Waals surface area contributed by atoms with Crippen LogP contribution in [0.25, 0.3) is 11.3 Å². The van der Waals surface area contributed by atoms with Gasteiger partial charge in [0.05, 0.1) is 19.2 Å². The number of fused-ring (bicyclic) bond motifs is 1. The quantitative estimate of drug-likeness (QED) is 0.679. The maximum absolute atomic E-state index is 13.0. The Morgan fingerprint density at radius 3 is 2.83 bits per heavy atom. The molecule has 0 aliphatic carbocycles. The molecule has 0 fully saturated rings. The Labute approximate surface area is 172 Å². The molecule has 148 valence electrons. The second kappa shape index (κ2) is 7.60. The standard InChI is InChI=1S/C21H19ClN4O3/c1-12-19(13-5-3-6-14(22)9-13)25-26-17(11-18(27)24-20(12)26)21(28)23-15-7-4-8-16(10-15)29-2/h3-10,17H,11H2,1-2H3,(H,23,28)(H,24,27)/t17-/m1/s1. The van der Waals surface area contributed by atoms with Gasteiger partial charge in [-0.3, -0.25) is 9.59 Å². The molecule has 2 amide bonds. The summed E-state index contributed by atoms with van der Waals surface area (Å²) in [6, 6.07) is 13.6. The molecular formula is C21H19ClN4O3. The van der Waals surface area contributed by atoms with Crippen LogP contribution in [0.5, 0.6) is 5.75 Å². The van der Waals surface area contributed by atoms with E-state index in [-0.39, 0.29) is 18.2 Å². The Kier molecular flexibility index (Phi) is 4.98. The maximum Gasteiger partial charge on any atom is 0.249 e. The number of rotatable bonds is 4. The maximum atomic E-state index is 13.0. The topological polar surface area (TPSA) is 85.2 Å². The van der Waals surface area contributed by atoms with Gasteiger partial charge in [0.2, 0.25) is 11.8 Å². The third-order valence-corrected chi connectivity index (χ3v) is 5.05. The van der Waals surface area contributed by atoms with E-state index in [2.05, 4.69) is 15.7 Å². The highest BCUT2D eigenvalue weighted by Crippen LogP contribution is 2.35. The Bertz CT molecular complexity index is 1110. The average Bonchev–Trinajstić information content (AvgIpc) is 3.04. The summed E-state index contributed by atoms with van der Waals surface area (Å²) >= 11 is 6.11. The summed E-state index contributed by atoms with van der Waals surface area (Å²) < 4.78 is 6.76. The van der Waals surface area contributed by atoms with Crippen LogP contribution in [0.3, 0.4) is 0 Å². The minimum absolute atomic E-state index is 0.00108. The zero-order valence-electron chi connectivity index (χ0n) is 15.9. The third kappa shape index (κ3) is 3.69. The molecule has 0 saturated carbocycles.